The molecule has 2 aromatic rings. The van der Waals surface area contributed by atoms with Gasteiger partial charge in [0.25, 0.3) is 0 Å². The highest BCUT2D eigenvalue weighted by Crippen LogP contribution is 2.29. The van der Waals surface area contributed by atoms with Gasteiger partial charge in [-0.15, -0.1) is 5.10 Å². The first-order valence-corrected chi connectivity index (χ1v) is 6.74. The fraction of sp³-hybridized carbons (Fsp3) is 0.429. The minimum atomic E-state index is -4.30. The van der Waals surface area contributed by atoms with Gasteiger partial charge in [-0.1, -0.05) is 17.3 Å². The lowest BCUT2D eigenvalue weighted by Gasteiger charge is -2.07. The molecule has 0 aliphatic heterocycles. The van der Waals surface area contributed by atoms with Crippen molar-refractivity contribution in [3.63, 3.8) is 0 Å². The minimum Gasteiger partial charge on any atom is -0.330 e. The van der Waals surface area contributed by atoms with E-state index in [4.69, 9.17) is 5.73 Å². The SMILES string of the molecule is NCCCCc1cn(Cc2ccc(C(F)(F)F)cc2)nn1. The Morgan fingerprint density at radius 1 is 1.10 bits per heavy atom. The van der Waals surface area contributed by atoms with E-state index in [0.29, 0.717) is 13.1 Å². The third kappa shape index (κ3) is 4.56. The molecular weight excluding hydrogens is 281 g/mol. The third-order valence-corrected chi connectivity index (χ3v) is 3.10. The van der Waals surface area contributed by atoms with Gasteiger partial charge in [0.1, 0.15) is 0 Å². The summed E-state index contributed by atoms with van der Waals surface area (Å²) in [7, 11) is 0. The van der Waals surface area contributed by atoms with Crippen molar-refractivity contribution >= 4 is 0 Å². The van der Waals surface area contributed by atoms with Crippen molar-refractivity contribution in [2.24, 2.45) is 5.73 Å². The maximum atomic E-state index is 12.5. The van der Waals surface area contributed by atoms with E-state index in [1.165, 1.54) is 12.1 Å². The Labute approximate surface area is 120 Å². The highest BCUT2D eigenvalue weighted by molar-refractivity contribution is 5.24. The number of nitrogens with zero attached hydrogens (tertiary/aromatic N) is 3. The van der Waals surface area contributed by atoms with Crippen LogP contribution in [0.4, 0.5) is 13.2 Å². The predicted octanol–water partition coefficient (Wildman–Crippen LogP) is 2.63. The minimum absolute atomic E-state index is 0.405. The monoisotopic (exact) mass is 298 g/mol. The number of unbranched alkanes of at least 4 members (excludes halogenated alkanes) is 1. The van der Waals surface area contributed by atoms with Gasteiger partial charge in [0.2, 0.25) is 0 Å². The van der Waals surface area contributed by atoms with Crippen molar-refractivity contribution in [3.05, 3.63) is 47.3 Å². The molecule has 21 heavy (non-hydrogen) atoms. The van der Waals surface area contributed by atoms with E-state index in [1.807, 2.05) is 6.20 Å². The second-order valence-electron chi connectivity index (χ2n) is 4.85. The van der Waals surface area contributed by atoms with Crippen LogP contribution in [0.5, 0.6) is 0 Å². The number of aryl methyl sites for hydroxylation is 1. The van der Waals surface area contributed by atoms with Gasteiger partial charge in [-0.2, -0.15) is 13.2 Å². The first kappa shape index (κ1) is 15.5. The normalized spacial score (nSPS) is 11.8. The van der Waals surface area contributed by atoms with Gasteiger partial charge >= 0.3 is 6.18 Å². The highest BCUT2D eigenvalue weighted by atomic mass is 19.4. The van der Waals surface area contributed by atoms with Crippen LogP contribution in [-0.4, -0.2) is 21.5 Å². The molecule has 0 spiro atoms. The Morgan fingerprint density at radius 2 is 1.81 bits per heavy atom. The van der Waals surface area contributed by atoms with E-state index >= 15 is 0 Å². The van der Waals surface area contributed by atoms with E-state index < -0.39 is 11.7 Å². The van der Waals surface area contributed by atoms with Crippen LogP contribution < -0.4 is 5.73 Å². The summed E-state index contributed by atoms with van der Waals surface area (Å²) >= 11 is 0. The summed E-state index contributed by atoms with van der Waals surface area (Å²) in [5.74, 6) is 0. The number of halogens is 3. The van der Waals surface area contributed by atoms with Crippen LogP contribution in [-0.2, 0) is 19.1 Å². The molecule has 0 unspecified atom stereocenters. The number of rotatable bonds is 6. The summed E-state index contributed by atoms with van der Waals surface area (Å²) in [6, 6.07) is 5.07. The zero-order valence-electron chi connectivity index (χ0n) is 11.5. The molecule has 0 radical (unpaired) electrons. The molecule has 0 aliphatic rings. The molecule has 2 rings (SSSR count). The molecule has 0 bridgehead atoms. The molecule has 0 fully saturated rings. The quantitative estimate of drug-likeness (QED) is 0.834. The average molecular weight is 298 g/mol. The first-order valence-electron chi connectivity index (χ1n) is 6.74. The van der Waals surface area contributed by atoms with Crippen LogP contribution in [0.2, 0.25) is 0 Å². The molecule has 0 amide bonds. The zero-order chi connectivity index (χ0) is 15.3. The van der Waals surface area contributed by atoms with Crippen molar-refractivity contribution < 1.29 is 13.2 Å². The van der Waals surface area contributed by atoms with Gasteiger partial charge in [0.05, 0.1) is 17.8 Å². The standard InChI is InChI=1S/C14H17F3N4/c15-14(16,17)12-6-4-11(5-7-12)9-21-10-13(19-20-21)3-1-2-8-18/h4-7,10H,1-3,8-9,18H2. The number of aromatic nitrogens is 3. The maximum Gasteiger partial charge on any atom is 0.416 e. The van der Waals surface area contributed by atoms with Gasteiger partial charge in [0, 0.05) is 6.20 Å². The highest BCUT2D eigenvalue weighted by Gasteiger charge is 2.29. The van der Waals surface area contributed by atoms with Gasteiger partial charge < -0.3 is 5.73 Å². The molecule has 0 atom stereocenters. The Morgan fingerprint density at radius 3 is 2.43 bits per heavy atom. The van der Waals surface area contributed by atoms with Crippen LogP contribution in [0.1, 0.15) is 29.7 Å². The Kier molecular flexibility index (Phi) is 4.95. The lowest BCUT2D eigenvalue weighted by atomic mass is 10.1. The van der Waals surface area contributed by atoms with Crippen molar-refractivity contribution in [2.75, 3.05) is 6.54 Å². The van der Waals surface area contributed by atoms with E-state index in [0.717, 1.165) is 42.7 Å². The summed E-state index contributed by atoms with van der Waals surface area (Å²) in [5.41, 5.74) is 6.40. The molecule has 1 heterocycles. The maximum absolute atomic E-state index is 12.5. The summed E-state index contributed by atoms with van der Waals surface area (Å²) in [4.78, 5) is 0. The predicted molar refractivity (Wildman–Crippen MR) is 72.6 cm³/mol. The summed E-state index contributed by atoms with van der Waals surface area (Å²) in [6.45, 7) is 1.06. The topological polar surface area (TPSA) is 56.7 Å². The third-order valence-electron chi connectivity index (χ3n) is 3.10. The number of hydrogen-bond donors (Lipinski definition) is 1. The van der Waals surface area contributed by atoms with Crippen LogP contribution in [0, 0.1) is 0 Å². The van der Waals surface area contributed by atoms with Crippen molar-refractivity contribution in [1.82, 2.24) is 15.0 Å². The molecule has 2 N–H and O–H groups in total. The van der Waals surface area contributed by atoms with Crippen molar-refractivity contribution in [3.8, 4) is 0 Å². The van der Waals surface area contributed by atoms with Crippen LogP contribution in [0.25, 0.3) is 0 Å². The number of nitrogens with two attached hydrogens (primary N) is 1. The van der Waals surface area contributed by atoms with E-state index in [2.05, 4.69) is 10.3 Å². The number of benzene rings is 1. The van der Waals surface area contributed by atoms with Gasteiger partial charge in [-0.3, -0.25) is 0 Å². The molecule has 1 aromatic heterocycles. The molecular formula is C14H17F3N4. The van der Waals surface area contributed by atoms with Gasteiger partial charge in [-0.05, 0) is 43.5 Å². The van der Waals surface area contributed by atoms with E-state index in [1.54, 1.807) is 4.68 Å². The van der Waals surface area contributed by atoms with Crippen molar-refractivity contribution in [1.29, 1.82) is 0 Å². The molecule has 0 saturated heterocycles. The summed E-state index contributed by atoms with van der Waals surface area (Å²) < 4.78 is 39.0. The molecule has 114 valence electrons. The summed E-state index contributed by atoms with van der Waals surface area (Å²) in [5, 5.41) is 8.01. The zero-order valence-corrected chi connectivity index (χ0v) is 11.5. The van der Waals surface area contributed by atoms with Crippen LogP contribution in [0.3, 0.4) is 0 Å². The smallest absolute Gasteiger partial charge is 0.330 e. The Hall–Kier alpha value is -1.89. The number of hydrogen-bond acceptors (Lipinski definition) is 3. The van der Waals surface area contributed by atoms with Crippen molar-refractivity contribution in [2.45, 2.75) is 32.0 Å². The average Bonchev–Trinajstić information content (AvgIpc) is 2.86. The molecule has 0 aliphatic carbocycles. The Bertz CT molecular complexity index is 560. The molecule has 1 aromatic carbocycles. The van der Waals surface area contributed by atoms with Crippen LogP contribution in [0.15, 0.2) is 30.5 Å². The lowest BCUT2D eigenvalue weighted by Crippen LogP contribution is -2.05. The van der Waals surface area contributed by atoms with E-state index in [9.17, 15) is 13.2 Å². The molecule has 4 nitrogen and oxygen atoms in total. The van der Waals surface area contributed by atoms with Crippen LogP contribution >= 0.6 is 0 Å². The van der Waals surface area contributed by atoms with Gasteiger partial charge in [0.15, 0.2) is 0 Å². The first-order chi connectivity index (χ1) is 9.99. The van der Waals surface area contributed by atoms with E-state index in [-0.39, 0.29) is 0 Å². The fourth-order valence-corrected chi connectivity index (χ4v) is 1.97. The fourth-order valence-electron chi connectivity index (χ4n) is 1.97. The second kappa shape index (κ2) is 6.71. The lowest BCUT2D eigenvalue weighted by molar-refractivity contribution is -0.137. The largest absolute Gasteiger partial charge is 0.416 e. The molecule has 0 saturated carbocycles. The summed E-state index contributed by atoms with van der Waals surface area (Å²) in [6.07, 6.45) is 0.210. The van der Waals surface area contributed by atoms with Gasteiger partial charge in [-0.25, -0.2) is 4.68 Å². The second-order valence-corrected chi connectivity index (χ2v) is 4.85. The number of alkyl halides is 3. The Balaban J connectivity index is 1.95. The molecule has 7 heteroatoms.